The van der Waals surface area contributed by atoms with E-state index < -0.39 is 0 Å². The summed E-state index contributed by atoms with van der Waals surface area (Å²) in [6.45, 7) is 14.2. The molecule has 2 rings (SSSR count). The van der Waals surface area contributed by atoms with Crippen molar-refractivity contribution in [2.75, 3.05) is 32.7 Å². The second-order valence-electron chi connectivity index (χ2n) is 5.74. The number of quaternary nitrogens is 1. The summed E-state index contributed by atoms with van der Waals surface area (Å²) in [5.41, 5.74) is 1.46. The average Bonchev–Trinajstić information content (AvgIpc) is 2.56. The molecule has 2 nitrogen and oxygen atoms in total. The number of nitrogens with zero attached hydrogens (tertiary/aromatic N) is 1. The van der Waals surface area contributed by atoms with E-state index in [1.807, 2.05) is 0 Å². The lowest BCUT2D eigenvalue weighted by molar-refractivity contribution is -0.936. The molecule has 0 bridgehead atoms. The maximum absolute atomic E-state index is 3.28. The Bertz CT molecular complexity index is 313. The van der Waals surface area contributed by atoms with E-state index in [9.17, 15) is 0 Å². The highest BCUT2D eigenvalue weighted by molar-refractivity contribution is 5.13. The van der Waals surface area contributed by atoms with E-state index in [-0.39, 0.29) is 17.0 Å². The highest BCUT2D eigenvalue weighted by Crippen LogP contribution is 2.13. The van der Waals surface area contributed by atoms with E-state index in [1.54, 1.807) is 0 Å². The maximum atomic E-state index is 3.28. The molecule has 0 unspecified atom stereocenters. The third-order valence-electron chi connectivity index (χ3n) is 4.58. The summed E-state index contributed by atoms with van der Waals surface area (Å²) < 4.78 is 1.20. The summed E-state index contributed by atoms with van der Waals surface area (Å²) in [5, 5.41) is 3.28. The fraction of sp³-hybridized carbons (Fsp3) is 0.667. The molecule has 122 valence electrons. The largest absolute Gasteiger partial charge is 1.00 e. The minimum absolute atomic E-state index is 0. The number of nitrogens with one attached hydrogen (secondary N) is 1. The zero-order valence-corrected chi connectivity index (χ0v) is 15.7. The summed E-state index contributed by atoms with van der Waals surface area (Å²) in [4.78, 5) is 0. The van der Waals surface area contributed by atoms with Gasteiger partial charge in [-0.2, -0.15) is 0 Å². The van der Waals surface area contributed by atoms with Crippen molar-refractivity contribution < 1.29 is 21.5 Å². The lowest BCUT2D eigenvalue weighted by Crippen LogP contribution is -3.00. The second-order valence-corrected chi connectivity index (χ2v) is 5.74. The van der Waals surface area contributed by atoms with Gasteiger partial charge in [0.25, 0.3) is 0 Å². The molecular weight excluding hydrogens is 324 g/mol. The normalized spacial score (nSPS) is 14.6. The van der Waals surface area contributed by atoms with Crippen LogP contribution < -0.4 is 22.3 Å². The first-order valence-corrected chi connectivity index (χ1v) is 8.36. The van der Waals surface area contributed by atoms with Crippen LogP contribution in [0.2, 0.25) is 0 Å². The van der Waals surface area contributed by atoms with Crippen LogP contribution in [-0.2, 0) is 6.54 Å². The van der Waals surface area contributed by atoms with Crippen LogP contribution in [0, 0.1) is 0 Å². The zero-order chi connectivity index (χ0) is 14.7. The molecule has 0 radical (unpaired) electrons. The molecule has 1 fully saturated rings. The van der Waals surface area contributed by atoms with Gasteiger partial charge in [0.15, 0.2) is 0 Å². The van der Waals surface area contributed by atoms with Crippen molar-refractivity contribution in [1.29, 1.82) is 0 Å². The number of benzene rings is 1. The monoisotopic (exact) mass is 356 g/mol. The van der Waals surface area contributed by atoms with Gasteiger partial charge in [-0.1, -0.05) is 36.8 Å². The number of rotatable bonds is 5. The molecule has 1 aromatic carbocycles. The van der Waals surface area contributed by atoms with E-state index in [2.05, 4.69) is 56.4 Å². The second kappa shape index (κ2) is 12.2. The smallest absolute Gasteiger partial charge is 0.104 e. The first-order chi connectivity index (χ1) is 9.76. The molecule has 21 heavy (non-hydrogen) atoms. The van der Waals surface area contributed by atoms with Gasteiger partial charge in [-0.3, -0.25) is 0 Å². The van der Waals surface area contributed by atoms with Gasteiger partial charge in [-0.05, 0) is 46.7 Å². The van der Waals surface area contributed by atoms with Crippen molar-refractivity contribution in [3.63, 3.8) is 0 Å². The lowest BCUT2D eigenvalue weighted by atomic mass is 10.2. The van der Waals surface area contributed by atoms with E-state index in [0.29, 0.717) is 0 Å². The van der Waals surface area contributed by atoms with Crippen molar-refractivity contribution >= 4 is 0 Å². The van der Waals surface area contributed by atoms with Crippen LogP contribution in [0.4, 0.5) is 0 Å². The van der Waals surface area contributed by atoms with Crippen LogP contribution in [-0.4, -0.2) is 37.2 Å². The summed E-state index contributed by atoms with van der Waals surface area (Å²) in [7, 11) is 0. The Labute approximate surface area is 142 Å². The molecule has 1 aliphatic heterocycles. The van der Waals surface area contributed by atoms with Crippen LogP contribution in [0.15, 0.2) is 30.3 Å². The highest BCUT2D eigenvalue weighted by atomic mass is 79.9. The fourth-order valence-electron chi connectivity index (χ4n) is 2.78. The quantitative estimate of drug-likeness (QED) is 0.770. The molecule has 1 aromatic rings. The molecule has 0 saturated carbocycles. The van der Waals surface area contributed by atoms with Crippen LogP contribution in [0.25, 0.3) is 0 Å². The van der Waals surface area contributed by atoms with Crippen LogP contribution in [0.1, 0.15) is 45.6 Å². The Kier molecular flexibility index (Phi) is 12.0. The van der Waals surface area contributed by atoms with Crippen LogP contribution in [0.3, 0.4) is 0 Å². The molecule has 0 aromatic heterocycles. The predicted octanol–water partition coefficient (Wildman–Crippen LogP) is 0.827. The summed E-state index contributed by atoms with van der Waals surface area (Å²) >= 11 is 0. The predicted molar refractivity (Wildman–Crippen MR) is 88.8 cm³/mol. The molecular formula is C18H33BrN2. The van der Waals surface area contributed by atoms with Gasteiger partial charge in [0.05, 0.1) is 19.6 Å². The summed E-state index contributed by atoms with van der Waals surface area (Å²) in [6.07, 6.45) is 4.22. The first-order valence-electron chi connectivity index (χ1n) is 8.36. The summed E-state index contributed by atoms with van der Waals surface area (Å²) in [6, 6.07) is 10.8. The molecule has 1 heterocycles. The van der Waals surface area contributed by atoms with Gasteiger partial charge in [-0.15, -0.1) is 0 Å². The Morgan fingerprint density at radius 3 is 1.71 bits per heavy atom. The zero-order valence-electron chi connectivity index (χ0n) is 14.1. The third-order valence-corrected chi connectivity index (χ3v) is 4.58. The molecule has 1 N–H and O–H groups in total. The van der Waals surface area contributed by atoms with E-state index in [1.165, 1.54) is 68.6 Å². The lowest BCUT2D eigenvalue weighted by Gasteiger charge is -2.35. The molecule has 3 heteroatoms. The molecule has 0 aliphatic carbocycles. The molecule has 0 atom stereocenters. The summed E-state index contributed by atoms with van der Waals surface area (Å²) in [5.74, 6) is 0. The number of piperidine rings is 1. The van der Waals surface area contributed by atoms with Crippen molar-refractivity contribution in [3.8, 4) is 0 Å². The van der Waals surface area contributed by atoms with Crippen molar-refractivity contribution in [1.82, 2.24) is 5.32 Å². The van der Waals surface area contributed by atoms with E-state index >= 15 is 0 Å². The Morgan fingerprint density at radius 2 is 1.38 bits per heavy atom. The van der Waals surface area contributed by atoms with Crippen molar-refractivity contribution in [2.45, 2.75) is 46.6 Å². The molecule has 1 saturated heterocycles. The molecule has 0 amide bonds. The van der Waals surface area contributed by atoms with Gasteiger partial charge in [0.2, 0.25) is 0 Å². The Morgan fingerprint density at radius 1 is 0.857 bits per heavy atom. The maximum Gasteiger partial charge on any atom is 0.104 e. The van der Waals surface area contributed by atoms with Crippen molar-refractivity contribution in [3.05, 3.63) is 35.9 Å². The van der Waals surface area contributed by atoms with E-state index in [0.717, 1.165) is 0 Å². The third kappa shape index (κ3) is 7.98. The number of hydrogen-bond donors (Lipinski definition) is 1. The van der Waals surface area contributed by atoms with Gasteiger partial charge < -0.3 is 26.8 Å². The number of halogens is 1. The van der Waals surface area contributed by atoms with Crippen LogP contribution >= 0.6 is 0 Å². The standard InChI is InChI=1S/C13H22N.C5H11N.BrH/c1-4-14(5-2,6-3)12-13-10-8-7-9-11-13;1-2-4-6-5-3-1;/h7-11H,4-6,12H2,1-3H3;6H,1-5H2;1H/q+1;;/p-1. The van der Waals surface area contributed by atoms with Gasteiger partial charge in [0, 0.05) is 5.56 Å². The average molecular weight is 357 g/mol. The minimum atomic E-state index is 0. The Hall–Kier alpha value is -0.380. The highest BCUT2D eigenvalue weighted by Gasteiger charge is 2.20. The molecule has 0 spiro atoms. The van der Waals surface area contributed by atoms with Gasteiger partial charge in [0.1, 0.15) is 6.54 Å². The number of hydrogen-bond acceptors (Lipinski definition) is 1. The van der Waals surface area contributed by atoms with Crippen LogP contribution in [0.5, 0.6) is 0 Å². The van der Waals surface area contributed by atoms with E-state index in [4.69, 9.17) is 0 Å². The first kappa shape index (κ1) is 20.6. The SMILES string of the molecule is C1CCNCC1.CC[N+](CC)(CC)Cc1ccccc1.[Br-]. The molecule has 1 aliphatic rings. The Balaban J connectivity index is 0.000000480. The van der Waals surface area contributed by atoms with Gasteiger partial charge in [-0.25, -0.2) is 0 Å². The fourth-order valence-corrected chi connectivity index (χ4v) is 2.78. The topological polar surface area (TPSA) is 12.0 Å². The minimum Gasteiger partial charge on any atom is -1.00 e. The van der Waals surface area contributed by atoms with Gasteiger partial charge >= 0.3 is 0 Å². The van der Waals surface area contributed by atoms with Crippen molar-refractivity contribution in [2.24, 2.45) is 0 Å².